The standard InChI is InChI=1S/C18H16BrClN2O3S/c1-9-5-11(20)3-4-13(9)21-18-22-17(24)15(26-18)8-10-6-12(19)16(23)14(7-10)25-2/h3-8,18,21,23H,1-2H3,(H,22,24)/b15-8-. The number of aromatic hydroxyl groups is 1. The van der Waals surface area contributed by atoms with Crippen molar-refractivity contribution in [3.8, 4) is 11.5 Å². The fourth-order valence-electron chi connectivity index (χ4n) is 2.48. The van der Waals surface area contributed by atoms with Crippen molar-refractivity contribution in [3.63, 3.8) is 0 Å². The number of halogens is 2. The van der Waals surface area contributed by atoms with Crippen LogP contribution in [-0.2, 0) is 4.79 Å². The molecule has 0 aliphatic carbocycles. The van der Waals surface area contributed by atoms with Gasteiger partial charge in [-0.05, 0) is 70.4 Å². The van der Waals surface area contributed by atoms with Gasteiger partial charge in [-0.1, -0.05) is 23.4 Å². The van der Waals surface area contributed by atoms with Gasteiger partial charge in [0.15, 0.2) is 17.0 Å². The van der Waals surface area contributed by atoms with Crippen LogP contribution in [0.3, 0.4) is 0 Å². The van der Waals surface area contributed by atoms with E-state index in [2.05, 4.69) is 26.6 Å². The largest absolute Gasteiger partial charge is 0.503 e. The summed E-state index contributed by atoms with van der Waals surface area (Å²) in [6.07, 6.45) is 1.75. The number of carbonyl (C=O) groups is 1. The maximum atomic E-state index is 12.3. The van der Waals surface area contributed by atoms with E-state index in [9.17, 15) is 9.90 Å². The molecule has 2 aromatic rings. The van der Waals surface area contributed by atoms with Gasteiger partial charge in [0, 0.05) is 10.7 Å². The minimum absolute atomic E-state index is 0.0240. The van der Waals surface area contributed by atoms with E-state index in [1.54, 1.807) is 24.3 Å². The molecule has 0 spiro atoms. The fourth-order valence-corrected chi connectivity index (χ4v) is 4.14. The van der Waals surface area contributed by atoms with Gasteiger partial charge in [-0.2, -0.15) is 0 Å². The smallest absolute Gasteiger partial charge is 0.260 e. The van der Waals surface area contributed by atoms with E-state index in [-0.39, 0.29) is 17.2 Å². The number of hydrogen-bond donors (Lipinski definition) is 3. The number of rotatable bonds is 4. The molecule has 1 aliphatic heterocycles. The number of hydrogen-bond acceptors (Lipinski definition) is 5. The molecule has 3 rings (SSSR count). The highest BCUT2D eigenvalue weighted by atomic mass is 79.9. The van der Waals surface area contributed by atoms with Crippen LogP contribution in [0.5, 0.6) is 11.5 Å². The summed E-state index contributed by atoms with van der Waals surface area (Å²) in [4.78, 5) is 12.8. The lowest BCUT2D eigenvalue weighted by atomic mass is 10.2. The van der Waals surface area contributed by atoms with Crippen LogP contribution in [0.25, 0.3) is 6.08 Å². The van der Waals surface area contributed by atoms with Crippen molar-refractivity contribution in [2.75, 3.05) is 12.4 Å². The number of benzene rings is 2. The molecule has 5 nitrogen and oxygen atoms in total. The molecule has 0 bridgehead atoms. The van der Waals surface area contributed by atoms with Crippen LogP contribution in [-0.4, -0.2) is 23.6 Å². The second kappa shape index (κ2) is 7.82. The van der Waals surface area contributed by atoms with Gasteiger partial charge >= 0.3 is 0 Å². The van der Waals surface area contributed by atoms with E-state index < -0.39 is 0 Å². The molecule has 1 amide bonds. The Morgan fingerprint density at radius 3 is 2.85 bits per heavy atom. The molecular weight excluding hydrogens is 440 g/mol. The van der Waals surface area contributed by atoms with Gasteiger partial charge in [0.1, 0.15) is 0 Å². The molecule has 1 saturated heterocycles. The summed E-state index contributed by atoms with van der Waals surface area (Å²) in [5.41, 5.74) is 2.36. The van der Waals surface area contributed by atoms with Crippen molar-refractivity contribution < 1.29 is 14.6 Å². The average molecular weight is 456 g/mol. The third kappa shape index (κ3) is 4.11. The highest BCUT2D eigenvalue weighted by Crippen LogP contribution is 2.37. The first-order valence-corrected chi connectivity index (χ1v) is 9.71. The zero-order valence-corrected chi connectivity index (χ0v) is 17.1. The van der Waals surface area contributed by atoms with Crippen LogP contribution in [0.2, 0.25) is 5.02 Å². The molecule has 1 unspecified atom stereocenters. The molecule has 3 N–H and O–H groups in total. The van der Waals surface area contributed by atoms with E-state index in [1.807, 2.05) is 19.1 Å². The monoisotopic (exact) mass is 454 g/mol. The van der Waals surface area contributed by atoms with Crippen molar-refractivity contribution in [3.05, 3.63) is 55.9 Å². The number of phenols is 1. The second-order valence-corrected chi connectivity index (χ2v) is 8.07. The summed E-state index contributed by atoms with van der Waals surface area (Å²) >= 11 is 10.6. The van der Waals surface area contributed by atoms with Crippen LogP contribution in [0.15, 0.2) is 39.7 Å². The van der Waals surface area contributed by atoms with Crippen LogP contribution < -0.4 is 15.4 Å². The van der Waals surface area contributed by atoms with E-state index in [0.29, 0.717) is 20.2 Å². The number of ether oxygens (including phenoxy) is 1. The molecule has 1 aliphatic rings. The number of nitrogens with one attached hydrogen (secondary N) is 2. The Morgan fingerprint density at radius 1 is 1.38 bits per heavy atom. The van der Waals surface area contributed by atoms with Crippen molar-refractivity contribution >= 4 is 57.0 Å². The minimum Gasteiger partial charge on any atom is -0.503 e. The van der Waals surface area contributed by atoms with Gasteiger partial charge in [-0.25, -0.2) is 0 Å². The number of methoxy groups -OCH3 is 1. The number of carbonyl (C=O) groups excluding carboxylic acids is 1. The Bertz CT molecular complexity index is 904. The lowest BCUT2D eigenvalue weighted by Crippen LogP contribution is -2.31. The van der Waals surface area contributed by atoms with Crippen LogP contribution >= 0.6 is 39.3 Å². The number of anilines is 1. The fraction of sp³-hybridized carbons (Fsp3) is 0.167. The zero-order chi connectivity index (χ0) is 18.8. The third-order valence-corrected chi connectivity index (χ3v) is 5.64. The molecule has 136 valence electrons. The Kier molecular flexibility index (Phi) is 5.70. The molecule has 0 radical (unpaired) electrons. The van der Waals surface area contributed by atoms with E-state index in [4.69, 9.17) is 16.3 Å². The number of aryl methyl sites for hydroxylation is 1. The van der Waals surface area contributed by atoms with Crippen molar-refractivity contribution in [2.45, 2.75) is 12.4 Å². The topological polar surface area (TPSA) is 70.6 Å². The summed E-state index contributed by atoms with van der Waals surface area (Å²) in [6, 6.07) is 8.94. The summed E-state index contributed by atoms with van der Waals surface area (Å²) in [7, 11) is 1.48. The van der Waals surface area contributed by atoms with Crippen LogP contribution in [0.4, 0.5) is 5.69 Å². The normalized spacial score (nSPS) is 18.1. The summed E-state index contributed by atoms with van der Waals surface area (Å²) in [6.45, 7) is 1.95. The first kappa shape index (κ1) is 18.9. The Hall–Kier alpha value is -1.83. The summed E-state index contributed by atoms with van der Waals surface area (Å²) in [5.74, 6) is 0.194. The summed E-state index contributed by atoms with van der Waals surface area (Å²) < 4.78 is 5.64. The molecular formula is C18H16BrClN2O3S. The predicted molar refractivity (Wildman–Crippen MR) is 110 cm³/mol. The van der Waals surface area contributed by atoms with Crippen molar-refractivity contribution in [2.24, 2.45) is 0 Å². The van der Waals surface area contributed by atoms with Gasteiger partial charge in [-0.15, -0.1) is 0 Å². The molecule has 0 saturated carbocycles. The molecule has 0 aromatic heterocycles. The van der Waals surface area contributed by atoms with E-state index in [0.717, 1.165) is 16.8 Å². The molecule has 1 heterocycles. The first-order chi connectivity index (χ1) is 12.4. The van der Waals surface area contributed by atoms with Crippen molar-refractivity contribution in [1.82, 2.24) is 5.32 Å². The molecule has 1 atom stereocenters. The first-order valence-electron chi connectivity index (χ1n) is 7.66. The van der Waals surface area contributed by atoms with Crippen LogP contribution in [0, 0.1) is 6.92 Å². The Morgan fingerprint density at radius 2 is 2.15 bits per heavy atom. The third-order valence-electron chi connectivity index (χ3n) is 3.77. The molecule has 2 aromatic carbocycles. The Balaban J connectivity index is 1.79. The molecule has 8 heteroatoms. The number of phenolic OH excluding ortho intramolecular Hbond substituents is 1. The van der Waals surface area contributed by atoms with Gasteiger partial charge in [0.05, 0.1) is 16.5 Å². The predicted octanol–water partition coefficient (Wildman–Crippen LogP) is 4.72. The zero-order valence-electron chi connectivity index (χ0n) is 14.0. The lowest BCUT2D eigenvalue weighted by molar-refractivity contribution is -0.116. The van der Waals surface area contributed by atoms with Gasteiger partial charge in [0.25, 0.3) is 5.91 Å². The number of thioether (sulfide) groups is 1. The van der Waals surface area contributed by atoms with Crippen LogP contribution in [0.1, 0.15) is 11.1 Å². The number of amides is 1. The lowest BCUT2D eigenvalue weighted by Gasteiger charge is -2.15. The quantitative estimate of drug-likeness (QED) is 0.582. The van der Waals surface area contributed by atoms with E-state index in [1.165, 1.54) is 18.9 Å². The van der Waals surface area contributed by atoms with E-state index >= 15 is 0 Å². The Labute approximate surface area is 168 Å². The maximum Gasteiger partial charge on any atom is 0.260 e. The molecule has 26 heavy (non-hydrogen) atoms. The second-order valence-electron chi connectivity index (χ2n) is 5.64. The SMILES string of the molecule is COc1cc(/C=C2\SC(Nc3ccc(Cl)cc3C)NC2=O)cc(Br)c1O. The van der Waals surface area contributed by atoms with Crippen molar-refractivity contribution in [1.29, 1.82) is 0 Å². The summed E-state index contributed by atoms with van der Waals surface area (Å²) in [5, 5.41) is 16.7. The minimum atomic E-state index is -0.281. The van der Waals surface area contributed by atoms with Gasteiger partial charge < -0.3 is 20.5 Å². The highest BCUT2D eigenvalue weighted by Gasteiger charge is 2.27. The van der Waals surface area contributed by atoms with Gasteiger partial charge in [0.2, 0.25) is 0 Å². The average Bonchev–Trinajstić information content (AvgIpc) is 2.92. The molecule has 1 fully saturated rings. The highest BCUT2D eigenvalue weighted by molar-refractivity contribution is 9.10. The maximum absolute atomic E-state index is 12.3. The van der Waals surface area contributed by atoms with Gasteiger partial charge in [-0.3, -0.25) is 4.79 Å².